The number of fused-ring (bicyclic) bond motifs is 8. The molecule has 7 aromatic carbocycles. The van der Waals surface area contributed by atoms with Gasteiger partial charge in [-0.05, 0) is 90.2 Å². The molecule has 2 heteroatoms. The van der Waals surface area contributed by atoms with Crippen molar-refractivity contribution in [2.45, 2.75) is 20.8 Å². The molecule has 0 radical (unpaired) electrons. The van der Waals surface area contributed by atoms with Crippen LogP contribution >= 0.6 is 11.3 Å². The molecule has 0 saturated carbocycles. The summed E-state index contributed by atoms with van der Waals surface area (Å²) in [5.41, 5.74) is 10.3. The van der Waals surface area contributed by atoms with Crippen LogP contribution in [-0.2, 0) is 0 Å². The predicted octanol–water partition coefficient (Wildman–Crippen LogP) is 12.6. The maximum atomic E-state index is 2.44. The molecule has 0 bridgehead atoms. The van der Waals surface area contributed by atoms with Crippen LogP contribution in [-0.4, -0.2) is 4.57 Å². The number of aryl methyl sites for hydroxylation is 3. The van der Waals surface area contributed by atoms with Gasteiger partial charge in [0.05, 0.1) is 11.0 Å². The Morgan fingerprint density at radius 2 is 1.18 bits per heavy atom. The molecule has 0 aliphatic carbocycles. The van der Waals surface area contributed by atoms with Gasteiger partial charge < -0.3 is 4.57 Å². The van der Waals surface area contributed by atoms with Crippen molar-refractivity contribution in [1.29, 1.82) is 0 Å². The van der Waals surface area contributed by atoms with Crippen molar-refractivity contribution < 1.29 is 0 Å². The molecule has 0 fully saturated rings. The molecule has 0 aliphatic heterocycles. The Hall–Kier alpha value is -5.18. The highest BCUT2D eigenvalue weighted by molar-refractivity contribution is 7.26. The van der Waals surface area contributed by atoms with Crippen molar-refractivity contribution in [3.8, 4) is 16.8 Å². The van der Waals surface area contributed by atoms with Crippen LogP contribution in [0.2, 0.25) is 0 Å². The van der Waals surface area contributed by atoms with E-state index in [2.05, 4.69) is 153 Å². The van der Waals surface area contributed by atoms with Gasteiger partial charge in [0.2, 0.25) is 0 Å². The first kappa shape index (κ1) is 27.4. The molecule has 1 nitrogen and oxygen atoms in total. The number of nitrogens with zero attached hydrogens (tertiary/aromatic N) is 1. The number of aromatic nitrogens is 1. The molecule has 0 saturated heterocycles. The molecule has 2 heterocycles. The van der Waals surface area contributed by atoms with Crippen molar-refractivity contribution in [2.75, 3.05) is 0 Å². The van der Waals surface area contributed by atoms with Gasteiger partial charge in [0, 0.05) is 36.6 Å². The Kier molecular flexibility index (Phi) is 6.73. The molecule has 0 N–H and O–H groups in total. The lowest BCUT2D eigenvalue weighted by molar-refractivity contribution is 1.18. The zero-order chi connectivity index (χ0) is 30.5. The molecule has 0 spiro atoms. The Morgan fingerprint density at radius 3 is 1.93 bits per heavy atom. The lowest BCUT2D eigenvalue weighted by Gasteiger charge is -2.13. The van der Waals surface area contributed by atoms with Gasteiger partial charge in [0.1, 0.15) is 0 Å². The van der Waals surface area contributed by atoms with Crippen LogP contribution in [0.4, 0.5) is 0 Å². The van der Waals surface area contributed by atoms with Gasteiger partial charge in [-0.1, -0.05) is 115 Å². The molecule has 9 rings (SSSR count). The van der Waals surface area contributed by atoms with Gasteiger partial charge in [-0.3, -0.25) is 0 Å². The lowest BCUT2D eigenvalue weighted by Crippen LogP contribution is -1.94. The second-order valence-electron chi connectivity index (χ2n) is 11.9. The van der Waals surface area contributed by atoms with Gasteiger partial charge in [0.25, 0.3) is 0 Å². The zero-order valence-corrected chi connectivity index (χ0v) is 26.5. The van der Waals surface area contributed by atoms with Crippen LogP contribution in [0, 0.1) is 20.8 Å². The molecule has 2 aromatic heterocycles. The van der Waals surface area contributed by atoms with Crippen molar-refractivity contribution in [3.05, 3.63) is 162 Å². The predicted molar refractivity (Wildman–Crippen MR) is 197 cm³/mol. The fraction of sp³-hybridized carbons (Fsp3) is 0.0698. The summed E-state index contributed by atoms with van der Waals surface area (Å²) in [5, 5.41) is 7.99. The highest BCUT2D eigenvalue weighted by Gasteiger charge is 2.20. The largest absolute Gasteiger partial charge is 0.309 e. The molecule has 9 aromatic rings. The van der Waals surface area contributed by atoms with E-state index < -0.39 is 0 Å². The third kappa shape index (κ3) is 4.61. The van der Waals surface area contributed by atoms with E-state index in [1.807, 2.05) is 29.5 Å². The fourth-order valence-electron chi connectivity index (χ4n) is 6.83. The van der Waals surface area contributed by atoms with E-state index in [0.717, 1.165) is 0 Å². The molecule has 216 valence electrons. The molecule has 0 unspecified atom stereocenters. The highest BCUT2D eigenvalue weighted by Crippen LogP contribution is 2.45. The van der Waals surface area contributed by atoms with Crippen LogP contribution in [0.3, 0.4) is 0 Å². The smallest absolute Gasteiger partial charge is 0.0547 e. The van der Waals surface area contributed by atoms with Crippen LogP contribution in [0.25, 0.3) is 69.6 Å². The quantitative estimate of drug-likeness (QED) is 0.187. The molecule has 0 atom stereocenters. The maximum absolute atomic E-state index is 2.44. The summed E-state index contributed by atoms with van der Waals surface area (Å²) in [6.45, 7) is 6.61. The number of hydrogen-bond acceptors (Lipinski definition) is 1. The first-order valence-corrected chi connectivity index (χ1v) is 16.3. The minimum Gasteiger partial charge on any atom is -0.309 e. The van der Waals surface area contributed by atoms with E-state index in [1.165, 1.54) is 86.3 Å². The summed E-state index contributed by atoms with van der Waals surface area (Å²) < 4.78 is 5.14. The highest BCUT2D eigenvalue weighted by atomic mass is 32.1. The van der Waals surface area contributed by atoms with E-state index in [4.69, 9.17) is 0 Å². The second-order valence-corrected chi connectivity index (χ2v) is 13.0. The summed E-state index contributed by atoms with van der Waals surface area (Å²) in [5.74, 6) is 0. The van der Waals surface area contributed by atoms with Crippen LogP contribution < -0.4 is 0 Å². The number of hydrogen-bond donors (Lipinski definition) is 0. The Balaban J connectivity index is 0.000000382. The topological polar surface area (TPSA) is 4.93 Å². The summed E-state index contributed by atoms with van der Waals surface area (Å²) in [6.07, 6.45) is 0. The van der Waals surface area contributed by atoms with Gasteiger partial charge >= 0.3 is 0 Å². The lowest BCUT2D eigenvalue weighted by atomic mass is 9.91. The standard InChI is InChI=1S/C36H25NS.C7H8/c1-22-16-19-32-35(28-14-8-9-15-31(28)37(32)25-11-4-3-5-12-25)34(22)29-21-33-30(20-23(29)2)27-18-17-24-10-6-7-13-26(24)36(27)38-33;1-7-5-3-2-4-6-7/h3-21H,1-2H3;2-6H,1H3. The van der Waals surface area contributed by atoms with Gasteiger partial charge in [-0.2, -0.15) is 0 Å². The van der Waals surface area contributed by atoms with Crippen molar-refractivity contribution in [2.24, 2.45) is 0 Å². The second kappa shape index (κ2) is 11.1. The monoisotopic (exact) mass is 595 g/mol. The number of para-hydroxylation sites is 2. The summed E-state index contributed by atoms with van der Waals surface area (Å²) in [7, 11) is 0. The third-order valence-corrected chi connectivity index (χ3v) is 10.2. The summed E-state index contributed by atoms with van der Waals surface area (Å²) in [6, 6.07) is 52.5. The number of benzene rings is 7. The first-order valence-electron chi connectivity index (χ1n) is 15.5. The Morgan fingerprint density at radius 1 is 0.489 bits per heavy atom. The van der Waals surface area contributed by atoms with E-state index >= 15 is 0 Å². The van der Waals surface area contributed by atoms with Crippen LogP contribution in [0.5, 0.6) is 0 Å². The van der Waals surface area contributed by atoms with Crippen LogP contribution in [0.1, 0.15) is 16.7 Å². The van der Waals surface area contributed by atoms with Crippen LogP contribution in [0.15, 0.2) is 146 Å². The normalized spacial score (nSPS) is 11.4. The molecule has 0 aliphatic rings. The molecule has 45 heavy (non-hydrogen) atoms. The third-order valence-electron chi connectivity index (χ3n) is 8.98. The number of rotatable bonds is 2. The zero-order valence-electron chi connectivity index (χ0n) is 25.7. The van der Waals surface area contributed by atoms with Gasteiger partial charge in [-0.15, -0.1) is 11.3 Å². The minimum atomic E-state index is 1.19. The molecule has 0 amide bonds. The molecular formula is C43H33NS. The average Bonchev–Trinajstić information content (AvgIpc) is 3.61. The van der Waals surface area contributed by atoms with Crippen molar-refractivity contribution in [1.82, 2.24) is 4.57 Å². The SMILES string of the molecule is Cc1cc2c(cc1-c1c(C)ccc3c1c1ccccc1n3-c1ccccc1)sc1c3ccccc3ccc21.Cc1ccccc1. The number of thiophene rings is 1. The Bertz CT molecular complexity index is 2500. The van der Waals surface area contributed by atoms with E-state index in [1.54, 1.807) is 0 Å². The molecular weight excluding hydrogens is 563 g/mol. The van der Waals surface area contributed by atoms with E-state index in [0.29, 0.717) is 0 Å². The van der Waals surface area contributed by atoms with Gasteiger partial charge in [-0.25, -0.2) is 0 Å². The fourth-order valence-corrected chi connectivity index (χ4v) is 8.09. The van der Waals surface area contributed by atoms with E-state index in [9.17, 15) is 0 Å². The Labute approximate surface area is 267 Å². The maximum Gasteiger partial charge on any atom is 0.0547 e. The first-order chi connectivity index (χ1) is 22.1. The minimum absolute atomic E-state index is 1.19. The summed E-state index contributed by atoms with van der Waals surface area (Å²) >= 11 is 1.92. The van der Waals surface area contributed by atoms with E-state index in [-0.39, 0.29) is 0 Å². The van der Waals surface area contributed by atoms with Crippen molar-refractivity contribution >= 4 is 64.1 Å². The average molecular weight is 596 g/mol. The summed E-state index contributed by atoms with van der Waals surface area (Å²) in [4.78, 5) is 0. The van der Waals surface area contributed by atoms with Gasteiger partial charge in [0.15, 0.2) is 0 Å². The van der Waals surface area contributed by atoms with Crippen molar-refractivity contribution in [3.63, 3.8) is 0 Å².